The van der Waals surface area contributed by atoms with Gasteiger partial charge in [-0.25, -0.2) is 4.98 Å². The van der Waals surface area contributed by atoms with Crippen LogP contribution in [-0.2, 0) is 26.4 Å². The van der Waals surface area contributed by atoms with E-state index >= 15 is 0 Å². The Kier molecular flexibility index (Phi) is 4.31. The lowest BCUT2D eigenvalue weighted by Crippen LogP contribution is -2.21. The maximum atomic E-state index is 4.50. The Bertz CT molecular complexity index is 527. The van der Waals surface area contributed by atoms with Crippen LogP contribution in [-0.4, -0.2) is 31.6 Å². The van der Waals surface area contributed by atoms with Crippen molar-refractivity contribution in [3.8, 4) is 0 Å². The van der Waals surface area contributed by atoms with Crippen LogP contribution in [0.1, 0.15) is 37.0 Å². The molecule has 0 amide bonds. The topological polar surface area (TPSA) is 60.6 Å². The van der Waals surface area contributed by atoms with Crippen molar-refractivity contribution in [3.63, 3.8) is 0 Å². The number of likely N-dealkylation sites (N-methyl/N-ethyl adjacent to an activating group) is 1. The minimum Gasteiger partial charge on any atom is -0.313 e. The molecule has 0 radical (unpaired) electrons. The molecule has 1 atom stereocenters. The van der Waals surface area contributed by atoms with Gasteiger partial charge in [-0.3, -0.25) is 9.36 Å². The van der Waals surface area contributed by atoms with Gasteiger partial charge in [0.05, 0.1) is 5.69 Å². The molecule has 0 aliphatic carbocycles. The van der Waals surface area contributed by atoms with Gasteiger partial charge < -0.3 is 5.32 Å². The zero-order chi connectivity index (χ0) is 13.8. The zero-order valence-corrected chi connectivity index (χ0v) is 12.1. The van der Waals surface area contributed by atoms with Crippen molar-refractivity contribution in [3.05, 3.63) is 29.6 Å². The van der Waals surface area contributed by atoms with Gasteiger partial charge in [0.1, 0.15) is 12.2 Å². The van der Waals surface area contributed by atoms with Crippen LogP contribution in [0.3, 0.4) is 0 Å². The highest BCUT2D eigenvalue weighted by Crippen LogP contribution is 2.20. The average Bonchev–Trinajstić information content (AvgIpc) is 3.01. The maximum absolute atomic E-state index is 4.50. The van der Waals surface area contributed by atoms with Crippen molar-refractivity contribution in [2.24, 2.45) is 7.05 Å². The smallest absolute Gasteiger partial charge is 0.138 e. The molecule has 19 heavy (non-hydrogen) atoms. The minimum absolute atomic E-state index is 0.221. The van der Waals surface area contributed by atoms with Gasteiger partial charge in [-0.2, -0.15) is 10.2 Å². The lowest BCUT2D eigenvalue weighted by Gasteiger charge is -2.15. The van der Waals surface area contributed by atoms with Crippen molar-refractivity contribution in [1.82, 2.24) is 29.9 Å². The molecule has 0 saturated heterocycles. The monoisotopic (exact) mass is 262 g/mol. The summed E-state index contributed by atoms with van der Waals surface area (Å²) in [6, 6.07) is 0.221. The van der Waals surface area contributed by atoms with Gasteiger partial charge in [-0.1, -0.05) is 6.92 Å². The zero-order valence-electron chi connectivity index (χ0n) is 12.1. The number of hydrogen-bond donors (Lipinski definition) is 1. The summed E-state index contributed by atoms with van der Waals surface area (Å²) in [5.74, 6) is 1.01. The highest BCUT2D eigenvalue weighted by molar-refractivity contribution is 5.22. The minimum atomic E-state index is 0.221. The van der Waals surface area contributed by atoms with E-state index in [0.717, 1.165) is 30.9 Å². The third-order valence-electron chi connectivity index (χ3n) is 3.38. The van der Waals surface area contributed by atoms with Gasteiger partial charge in [-0.05, 0) is 20.4 Å². The third kappa shape index (κ3) is 2.84. The number of hydrogen-bond acceptors (Lipinski definition) is 4. The summed E-state index contributed by atoms with van der Waals surface area (Å²) in [5, 5.41) is 12.1. The number of aromatic nitrogens is 5. The summed E-state index contributed by atoms with van der Waals surface area (Å²) in [6.45, 7) is 5.06. The van der Waals surface area contributed by atoms with Crippen LogP contribution in [0, 0.1) is 0 Å². The molecule has 6 nitrogen and oxygen atoms in total. The van der Waals surface area contributed by atoms with E-state index in [1.165, 1.54) is 5.56 Å². The molecular formula is C13H22N6. The lowest BCUT2D eigenvalue weighted by atomic mass is 10.0. The first kappa shape index (κ1) is 13.7. The molecule has 2 aromatic rings. The van der Waals surface area contributed by atoms with Crippen LogP contribution in [0.4, 0.5) is 0 Å². The van der Waals surface area contributed by atoms with E-state index in [9.17, 15) is 0 Å². The standard InChI is InChI=1S/C13H22N6/c1-5-11-10(8-18(4)17-11)12(14-3)7-13-15-9-16-19(13)6-2/h8-9,12,14H,5-7H2,1-4H3. The van der Waals surface area contributed by atoms with E-state index in [1.807, 2.05) is 23.5 Å². The van der Waals surface area contributed by atoms with Gasteiger partial charge in [0.15, 0.2) is 0 Å². The van der Waals surface area contributed by atoms with Crippen molar-refractivity contribution in [1.29, 1.82) is 0 Å². The molecule has 104 valence electrons. The maximum Gasteiger partial charge on any atom is 0.138 e. The molecular weight excluding hydrogens is 240 g/mol. The first-order chi connectivity index (χ1) is 9.19. The molecule has 0 spiro atoms. The fourth-order valence-electron chi connectivity index (χ4n) is 2.38. The van der Waals surface area contributed by atoms with Gasteiger partial charge in [0.25, 0.3) is 0 Å². The second kappa shape index (κ2) is 5.97. The second-order valence-corrected chi connectivity index (χ2v) is 4.60. The highest BCUT2D eigenvalue weighted by atomic mass is 15.3. The molecule has 0 saturated carbocycles. The van der Waals surface area contributed by atoms with Crippen molar-refractivity contribution in [2.45, 2.75) is 39.3 Å². The molecule has 0 bridgehead atoms. The molecule has 1 N–H and O–H groups in total. The number of nitrogens with one attached hydrogen (secondary N) is 1. The fourth-order valence-corrected chi connectivity index (χ4v) is 2.38. The van der Waals surface area contributed by atoms with Gasteiger partial charge in [-0.15, -0.1) is 0 Å². The van der Waals surface area contributed by atoms with Crippen molar-refractivity contribution in [2.75, 3.05) is 7.05 Å². The fraction of sp³-hybridized carbons (Fsp3) is 0.615. The van der Waals surface area contributed by atoms with Crippen molar-refractivity contribution >= 4 is 0 Å². The van der Waals surface area contributed by atoms with Crippen LogP contribution in [0.5, 0.6) is 0 Å². The van der Waals surface area contributed by atoms with E-state index in [2.05, 4.69) is 40.5 Å². The van der Waals surface area contributed by atoms with Crippen LogP contribution in [0.25, 0.3) is 0 Å². The Balaban J connectivity index is 2.25. The number of nitrogens with zero attached hydrogens (tertiary/aromatic N) is 5. The van der Waals surface area contributed by atoms with Crippen LogP contribution in [0.15, 0.2) is 12.5 Å². The highest BCUT2D eigenvalue weighted by Gasteiger charge is 2.19. The Morgan fingerprint density at radius 3 is 2.79 bits per heavy atom. The van der Waals surface area contributed by atoms with Crippen molar-refractivity contribution < 1.29 is 0 Å². The van der Waals surface area contributed by atoms with Crippen LogP contribution >= 0.6 is 0 Å². The number of rotatable bonds is 6. The molecule has 2 heterocycles. The summed E-state index contributed by atoms with van der Waals surface area (Å²) in [4.78, 5) is 4.35. The molecule has 2 rings (SSSR count). The lowest BCUT2D eigenvalue weighted by molar-refractivity contribution is 0.531. The summed E-state index contributed by atoms with van der Waals surface area (Å²) in [7, 11) is 3.94. The summed E-state index contributed by atoms with van der Waals surface area (Å²) in [5.41, 5.74) is 2.39. The molecule has 0 aliphatic rings. The Labute approximate surface area is 113 Å². The summed E-state index contributed by atoms with van der Waals surface area (Å²) in [6.07, 6.45) is 5.47. The Morgan fingerprint density at radius 1 is 1.37 bits per heavy atom. The molecule has 0 fully saturated rings. The third-order valence-corrected chi connectivity index (χ3v) is 3.38. The predicted octanol–water partition coefficient (Wildman–Crippen LogP) is 1.10. The van der Waals surface area contributed by atoms with E-state index in [1.54, 1.807) is 6.33 Å². The largest absolute Gasteiger partial charge is 0.313 e. The number of aryl methyl sites for hydroxylation is 3. The normalized spacial score (nSPS) is 12.8. The molecule has 0 aromatic carbocycles. The van der Waals surface area contributed by atoms with E-state index < -0.39 is 0 Å². The summed E-state index contributed by atoms with van der Waals surface area (Å²) < 4.78 is 3.81. The van der Waals surface area contributed by atoms with Gasteiger partial charge in [0, 0.05) is 37.8 Å². The SMILES string of the molecule is CCc1nn(C)cc1C(Cc1ncnn1CC)NC. The average molecular weight is 262 g/mol. The first-order valence-corrected chi connectivity index (χ1v) is 6.75. The molecule has 2 aromatic heterocycles. The molecule has 1 unspecified atom stereocenters. The van der Waals surface area contributed by atoms with E-state index in [0.29, 0.717) is 0 Å². The van der Waals surface area contributed by atoms with Crippen LogP contribution in [0.2, 0.25) is 0 Å². The molecule has 0 aliphatic heterocycles. The van der Waals surface area contributed by atoms with Crippen LogP contribution < -0.4 is 5.32 Å². The van der Waals surface area contributed by atoms with E-state index in [4.69, 9.17) is 0 Å². The van der Waals surface area contributed by atoms with Gasteiger partial charge in [0.2, 0.25) is 0 Å². The van der Waals surface area contributed by atoms with E-state index in [-0.39, 0.29) is 6.04 Å². The Morgan fingerprint density at radius 2 is 2.16 bits per heavy atom. The quantitative estimate of drug-likeness (QED) is 0.847. The predicted molar refractivity (Wildman–Crippen MR) is 73.8 cm³/mol. The molecule has 6 heteroatoms. The first-order valence-electron chi connectivity index (χ1n) is 6.75. The summed E-state index contributed by atoms with van der Waals surface area (Å²) >= 11 is 0. The second-order valence-electron chi connectivity index (χ2n) is 4.60. The van der Waals surface area contributed by atoms with Gasteiger partial charge >= 0.3 is 0 Å². The Hall–Kier alpha value is -1.69.